The van der Waals surface area contributed by atoms with E-state index < -0.39 is 10.1 Å². The number of anilines is 1. The van der Waals surface area contributed by atoms with Gasteiger partial charge in [0.1, 0.15) is 16.4 Å². The number of hydrogen-bond donors (Lipinski definition) is 1. The van der Waals surface area contributed by atoms with Crippen LogP contribution in [0.3, 0.4) is 0 Å². The van der Waals surface area contributed by atoms with Crippen molar-refractivity contribution in [2.75, 3.05) is 5.32 Å². The van der Waals surface area contributed by atoms with Crippen molar-refractivity contribution in [3.63, 3.8) is 0 Å². The molecule has 0 fully saturated rings. The number of hydrogen-bond acceptors (Lipinski definition) is 5. The van der Waals surface area contributed by atoms with Crippen LogP contribution in [0.15, 0.2) is 47.4 Å². The van der Waals surface area contributed by atoms with E-state index >= 15 is 0 Å². The van der Waals surface area contributed by atoms with Crippen LogP contribution in [0.4, 0.5) is 5.69 Å². The highest BCUT2D eigenvalue weighted by Gasteiger charge is 2.21. The first-order valence-corrected chi connectivity index (χ1v) is 9.70. The molecule has 7 heteroatoms. The molecule has 1 N–H and O–H groups in total. The molecule has 1 amide bonds. The summed E-state index contributed by atoms with van der Waals surface area (Å²) in [6.45, 7) is 1.54. The van der Waals surface area contributed by atoms with Crippen molar-refractivity contribution in [3.8, 4) is 5.75 Å². The van der Waals surface area contributed by atoms with Crippen molar-refractivity contribution in [2.24, 2.45) is 0 Å². The first-order chi connectivity index (χ1) is 12.3. The number of rotatable bonds is 6. The molecule has 2 aromatic rings. The molecular formula is C19H19NO5S. The van der Waals surface area contributed by atoms with Gasteiger partial charge in [-0.25, -0.2) is 0 Å². The van der Waals surface area contributed by atoms with E-state index in [1.54, 1.807) is 30.3 Å². The fraction of sp³-hybridized carbons (Fsp3) is 0.263. The Morgan fingerprint density at radius 3 is 2.54 bits per heavy atom. The van der Waals surface area contributed by atoms with Gasteiger partial charge in [0, 0.05) is 18.5 Å². The average Bonchev–Trinajstić information content (AvgIpc) is 2.60. The van der Waals surface area contributed by atoms with Crippen LogP contribution < -0.4 is 9.50 Å². The number of amides is 1. The Morgan fingerprint density at radius 1 is 1.12 bits per heavy atom. The van der Waals surface area contributed by atoms with Crippen LogP contribution in [0.5, 0.6) is 5.75 Å². The van der Waals surface area contributed by atoms with E-state index in [1.807, 2.05) is 0 Å². The third-order valence-electron chi connectivity index (χ3n) is 4.16. The summed E-state index contributed by atoms with van der Waals surface area (Å²) < 4.78 is 30.2. The maximum Gasteiger partial charge on any atom is 0.339 e. The molecule has 0 aromatic heterocycles. The van der Waals surface area contributed by atoms with E-state index in [9.17, 15) is 18.0 Å². The lowest BCUT2D eigenvalue weighted by molar-refractivity contribution is -0.117. The Morgan fingerprint density at radius 2 is 1.85 bits per heavy atom. The van der Waals surface area contributed by atoms with E-state index in [-0.39, 0.29) is 22.3 Å². The van der Waals surface area contributed by atoms with Crippen molar-refractivity contribution in [3.05, 3.63) is 53.6 Å². The first kappa shape index (κ1) is 18.1. The first-order valence-electron chi connectivity index (χ1n) is 8.29. The molecular weight excluding hydrogens is 354 g/mol. The number of carbonyl (C=O) groups is 2. The van der Waals surface area contributed by atoms with Gasteiger partial charge >= 0.3 is 10.1 Å². The SMILES string of the molecule is CC(=O)CCc1ccc(OS(=O)(=O)c2ccc3c(c2)CCC(=O)N3)cc1. The molecule has 0 radical (unpaired) electrons. The van der Waals surface area contributed by atoms with Crippen LogP contribution >= 0.6 is 0 Å². The number of ketones is 1. The second kappa shape index (κ2) is 7.29. The molecule has 0 saturated heterocycles. The molecule has 0 unspecified atom stereocenters. The summed E-state index contributed by atoms with van der Waals surface area (Å²) in [5.41, 5.74) is 2.35. The van der Waals surface area contributed by atoms with E-state index in [2.05, 4.69) is 5.32 Å². The zero-order valence-electron chi connectivity index (χ0n) is 14.3. The van der Waals surface area contributed by atoms with Gasteiger partial charge in [-0.05, 0) is 61.2 Å². The number of aryl methyl sites for hydroxylation is 2. The molecule has 6 nitrogen and oxygen atoms in total. The topological polar surface area (TPSA) is 89.5 Å². The highest BCUT2D eigenvalue weighted by atomic mass is 32.2. The number of carbonyl (C=O) groups excluding carboxylic acids is 2. The zero-order valence-corrected chi connectivity index (χ0v) is 15.1. The van der Waals surface area contributed by atoms with Crippen LogP contribution in [0.2, 0.25) is 0 Å². The molecule has 136 valence electrons. The highest BCUT2D eigenvalue weighted by molar-refractivity contribution is 7.87. The van der Waals surface area contributed by atoms with E-state index in [1.165, 1.54) is 19.1 Å². The van der Waals surface area contributed by atoms with Gasteiger partial charge in [0.25, 0.3) is 0 Å². The van der Waals surface area contributed by atoms with Crippen molar-refractivity contribution in [1.82, 2.24) is 0 Å². The maximum atomic E-state index is 12.5. The molecule has 2 aromatic carbocycles. The van der Waals surface area contributed by atoms with Crippen LogP contribution in [0.1, 0.15) is 30.9 Å². The standard InChI is InChI=1S/C19H19NO5S/c1-13(21)2-3-14-4-7-16(8-5-14)25-26(23,24)17-9-10-18-15(12-17)6-11-19(22)20-18/h4-5,7-10,12H,2-3,6,11H2,1H3,(H,20,22). The largest absolute Gasteiger partial charge is 0.379 e. The van der Waals surface area contributed by atoms with Gasteiger partial charge in [-0.3, -0.25) is 4.79 Å². The lowest BCUT2D eigenvalue weighted by Gasteiger charge is -2.17. The molecule has 1 aliphatic rings. The van der Waals surface area contributed by atoms with E-state index in [0.29, 0.717) is 31.4 Å². The lowest BCUT2D eigenvalue weighted by atomic mass is 10.0. The second-order valence-electron chi connectivity index (χ2n) is 6.25. The fourth-order valence-corrected chi connectivity index (χ4v) is 3.70. The Bertz CT molecular complexity index is 948. The average molecular weight is 373 g/mol. The van der Waals surface area contributed by atoms with Gasteiger partial charge in [0.15, 0.2) is 0 Å². The van der Waals surface area contributed by atoms with Crippen molar-refractivity contribution < 1.29 is 22.2 Å². The van der Waals surface area contributed by atoms with Crippen molar-refractivity contribution >= 4 is 27.5 Å². The summed E-state index contributed by atoms with van der Waals surface area (Å²) in [4.78, 5) is 22.5. The number of benzene rings is 2. The predicted molar refractivity (Wildman–Crippen MR) is 96.7 cm³/mol. The molecule has 0 bridgehead atoms. The third kappa shape index (κ3) is 4.29. The van der Waals surface area contributed by atoms with Gasteiger partial charge in [-0.15, -0.1) is 0 Å². The van der Waals surface area contributed by atoms with Gasteiger partial charge in [0.05, 0.1) is 0 Å². The summed E-state index contributed by atoms with van der Waals surface area (Å²) in [6.07, 6.45) is 1.89. The smallest absolute Gasteiger partial charge is 0.339 e. The molecule has 0 aliphatic carbocycles. The van der Waals surface area contributed by atoms with Crippen molar-refractivity contribution in [1.29, 1.82) is 0 Å². The minimum atomic E-state index is -3.97. The molecule has 0 spiro atoms. The quantitative estimate of drug-likeness (QED) is 0.787. The minimum absolute atomic E-state index is 0.0491. The van der Waals surface area contributed by atoms with Gasteiger partial charge in [-0.1, -0.05) is 12.1 Å². The summed E-state index contributed by atoms with van der Waals surface area (Å²) in [6, 6.07) is 11.2. The monoisotopic (exact) mass is 373 g/mol. The lowest BCUT2D eigenvalue weighted by Crippen LogP contribution is -2.19. The minimum Gasteiger partial charge on any atom is -0.379 e. The van der Waals surface area contributed by atoms with Gasteiger partial charge in [0.2, 0.25) is 5.91 Å². The number of Topliss-reactive ketones (excluding diaryl/α,β-unsaturated/α-hetero) is 1. The Labute approximate surface area is 152 Å². The normalized spacial score (nSPS) is 13.7. The molecule has 3 rings (SSSR count). The zero-order chi connectivity index (χ0) is 18.7. The predicted octanol–water partition coefficient (Wildman–Crippen LogP) is 2.86. The van der Waals surface area contributed by atoms with Gasteiger partial charge < -0.3 is 14.3 Å². The molecule has 0 atom stereocenters. The molecule has 26 heavy (non-hydrogen) atoms. The number of nitrogens with one attached hydrogen (secondary N) is 1. The summed E-state index contributed by atoms with van der Waals surface area (Å²) in [5.74, 6) is 0.244. The highest BCUT2D eigenvalue weighted by Crippen LogP contribution is 2.27. The summed E-state index contributed by atoms with van der Waals surface area (Å²) in [7, 11) is -3.97. The van der Waals surface area contributed by atoms with Crippen LogP contribution in [0.25, 0.3) is 0 Å². The summed E-state index contributed by atoms with van der Waals surface area (Å²) in [5, 5.41) is 2.72. The van der Waals surface area contributed by atoms with E-state index in [0.717, 1.165) is 11.1 Å². The molecule has 1 aliphatic heterocycles. The maximum absolute atomic E-state index is 12.5. The Kier molecular flexibility index (Phi) is 5.08. The van der Waals surface area contributed by atoms with Crippen LogP contribution in [-0.4, -0.2) is 20.1 Å². The Balaban J connectivity index is 1.74. The number of fused-ring (bicyclic) bond motifs is 1. The van der Waals surface area contributed by atoms with Crippen LogP contribution in [0, 0.1) is 0 Å². The summed E-state index contributed by atoms with van der Waals surface area (Å²) >= 11 is 0. The molecule has 0 saturated carbocycles. The Hall–Kier alpha value is -2.67. The fourth-order valence-electron chi connectivity index (χ4n) is 2.72. The van der Waals surface area contributed by atoms with Crippen molar-refractivity contribution in [2.45, 2.75) is 37.5 Å². The molecule has 1 heterocycles. The second-order valence-corrected chi connectivity index (χ2v) is 7.80. The third-order valence-corrected chi connectivity index (χ3v) is 5.40. The van der Waals surface area contributed by atoms with Gasteiger partial charge in [-0.2, -0.15) is 8.42 Å². The van der Waals surface area contributed by atoms with E-state index in [4.69, 9.17) is 4.18 Å². The van der Waals surface area contributed by atoms with Crippen LogP contribution in [-0.2, 0) is 32.5 Å².